The maximum atomic E-state index is 12.2. The molecule has 0 aliphatic heterocycles. The lowest BCUT2D eigenvalue weighted by Crippen LogP contribution is -2.55. The van der Waals surface area contributed by atoms with E-state index in [1.54, 1.807) is 13.8 Å². The number of hydrogen-bond donors (Lipinski definition) is 6. The van der Waals surface area contributed by atoms with Gasteiger partial charge in [-0.3, -0.25) is 19.2 Å². The number of rotatable bonds is 11. The highest BCUT2D eigenvalue weighted by Crippen LogP contribution is 2.07. The van der Waals surface area contributed by atoms with Gasteiger partial charge in [-0.2, -0.15) is 0 Å². The third-order valence-corrected chi connectivity index (χ3v) is 3.06. The average molecular weight is 361 g/mol. The number of amides is 2. The van der Waals surface area contributed by atoms with E-state index in [2.05, 4.69) is 5.32 Å². The van der Waals surface area contributed by atoms with E-state index in [0.29, 0.717) is 0 Å². The summed E-state index contributed by atoms with van der Waals surface area (Å²) in [5, 5.41) is 30.6. The van der Waals surface area contributed by atoms with Crippen molar-refractivity contribution in [2.75, 3.05) is 0 Å². The molecule has 0 aromatic heterocycles. The van der Waals surface area contributed by atoms with Gasteiger partial charge in [0.05, 0.1) is 18.9 Å². The van der Waals surface area contributed by atoms with Crippen LogP contribution in [0.2, 0.25) is 0 Å². The Morgan fingerprint density at radius 1 is 0.840 bits per heavy atom. The summed E-state index contributed by atoms with van der Waals surface area (Å²) >= 11 is 0. The molecule has 0 heterocycles. The maximum Gasteiger partial charge on any atom is 0.326 e. The zero-order valence-corrected chi connectivity index (χ0v) is 13.9. The Labute approximate surface area is 143 Å². The summed E-state index contributed by atoms with van der Waals surface area (Å²) in [7, 11) is 0. The van der Waals surface area contributed by atoms with Crippen LogP contribution in [0, 0.1) is 5.92 Å². The molecule has 11 heteroatoms. The minimum atomic E-state index is -1.66. The molecule has 3 unspecified atom stereocenters. The number of carboxylic acid groups (broad SMARTS) is 3. The summed E-state index contributed by atoms with van der Waals surface area (Å²) in [4.78, 5) is 56.3. The van der Waals surface area contributed by atoms with Crippen LogP contribution in [0.25, 0.3) is 0 Å². The molecule has 2 amide bonds. The highest BCUT2D eigenvalue weighted by Gasteiger charge is 2.30. The summed E-state index contributed by atoms with van der Waals surface area (Å²) in [6, 6.07) is -4.22. The molecule has 142 valence electrons. The molecule has 0 bridgehead atoms. The fourth-order valence-electron chi connectivity index (χ4n) is 1.91. The Balaban J connectivity index is 5.08. The first-order valence-corrected chi connectivity index (χ1v) is 7.46. The molecule has 0 rings (SSSR count). The monoisotopic (exact) mass is 361 g/mol. The van der Waals surface area contributed by atoms with E-state index in [-0.39, 0.29) is 12.3 Å². The molecule has 0 spiro atoms. The molecular formula is C14H23N3O8. The molecular weight excluding hydrogens is 338 g/mol. The van der Waals surface area contributed by atoms with E-state index in [9.17, 15) is 24.0 Å². The van der Waals surface area contributed by atoms with Gasteiger partial charge in [0.2, 0.25) is 11.8 Å². The lowest BCUT2D eigenvalue weighted by atomic mass is 10.0. The van der Waals surface area contributed by atoms with E-state index in [4.69, 9.17) is 21.1 Å². The number of carboxylic acids is 3. The van der Waals surface area contributed by atoms with Crippen molar-refractivity contribution in [3.8, 4) is 0 Å². The van der Waals surface area contributed by atoms with Crippen LogP contribution in [0.3, 0.4) is 0 Å². The van der Waals surface area contributed by atoms with Crippen molar-refractivity contribution in [1.82, 2.24) is 10.6 Å². The Bertz CT molecular complexity index is 534. The van der Waals surface area contributed by atoms with Gasteiger partial charge in [0.25, 0.3) is 0 Å². The number of nitrogens with one attached hydrogen (secondary N) is 2. The normalized spacial score (nSPS) is 14.2. The third-order valence-electron chi connectivity index (χ3n) is 3.06. The number of hydrogen-bond acceptors (Lipinski definition) is 6. The second-order valence-corrected chi connectivity index (χ2v) is 5.89. The third kappa shape index (κ3) is 9.25. The van der Waals surface area contributed by atoms with Crippen LogP contribution in [0.5, 0.6) is 0 Å². The van der Waals surface area contributed by atoms with E-state index in [0.717, 1.165) is 0 Å². The molecule has 3 atom stereocenters. The summed E-state index contributed by atoms with van der Waals surface area (Å²) in [6.45, 7) is 3.49. The minimum absolute atomic E-state index is 0.0745. The lowest BCUT2D eigenvalue weighted by molar-refractivity contribution is -0.147. The van der Waals surface area contributed by atoms with Crippen molar-refractivity contribution in [3.05, 3.63) is 0 Å². The first kappa shape index (κ1) is 22.3. The highest BCUT2D eigenvalue weighted by molar-refractivity contribution is 5.93. The van der Waals surface area contributed by atoms with Crippen molar-refractivity contribution in [2.24, 2.45) is 11.7 Å². The SMILES string of the molecule is CC(C)CC(NC(=O)C(N)CC(=O)O)C(=O)NC(CC(=O)O)C(=O)O. The number of aliphatic carboxylic acids is 3. The molecule has 0 saturated heterocycles. The Kier molecular flexibility index (Phi) is 9.13. The van der Waals surface area contributed by atoms with E-state index in [1.807, 2.05) is 5.32 Å². The molecule has 0 aromatic carbocycles. The summed E-state index contributed by atoms with van der Waals surface area (Å²) < 4.78 is 0. The maximum absolute atomic E-state index is 12.2. The fourth-order valence-corrected chi connectivity index (χ4v) is 1.91. The summed E-state index contributed by atoms with van der Waals surface area (Å²) in [5.74, 6) is -6.09. The Morgan fingerprint density at radius 2 is 1.32 bits per heavy atom. The first-order chi connectivity index (χ1) is 11.4. The van der Waals surface area contributed by atoms with Crippen molar-refractivity contribution in [3.63, 3.8) is 0 Å². The predicted molar refractivity (Wildman–Crippen MR) is 83.4 cm³/mol. The van der Waals surface area contributed by atoms with Crippen molar-refractivity contribution in [2.45, 2.75) is 51.2 Å². The van der Waals surface area contributed by atoms with Gasteiger partial charge in [-0.15, -0.1) is 0 Å². The minimum Gasteiger partial charge on any atom is -0.481 e. The number of nitrogens with two attached hydrogens (primary N) is 1. The van der Waals surface area contributed by atoms with Crippen LogP contribution < -0.4 is 16.4 Å². The Morgan fingerprint density at radius 3 is 1.72 bits per heavy atom. The zero-order valence-electron chi connectivity index (χ0n) is 13.9. The lowest BCUT2D eigenvalue weighted by Gasteiger charge is -2.23. The van der Waals surface area contributed by atoms with Crippen LogP contribution in [0.15, 0.2) is 0 Å². The van der Waals surface area contributed by atoms with Gasteiger partial charge < -0.3 is 31.7 Å². The number of carbonyl (C=O) groups excluding carboxylic acids is 2. The average Bonchev–Trinajstić information content (AvgIpc) is 2.43. The second kappa shape index (κ2) is 10.2. The van der Waals surface area contributed by atoms with E-state index < -0.39 is 60.7 Å². The number of carbonyl (C=O) groups is 5. The van der Waals surface area contributed by atoms with Gasteiger partial charge in [-0.25, -0.2) is 4.79 Å². The van der Waals surface area contributed by atoms with E-state index in [1.165, 1.54) is 0 Å². The summed E-state index contributed by atoms with van der Waals surface area (Å²) in [6.07, 6.45) is -1.35. The molecule has 0 aromatic rings. The summed E-state index contributed by atoms with van der Waals surface area (Å²) in [5.41, 5.74) is 5.42. The highest BCUT2D eigenvalue weighted by atomic mass is 16.4. The smallest absolute Gasteiger partial charge is 0.326 e. The van der Waals surface area contributed by atoms with Crippen molar-refractivity contribution >= 4 is 29.7 Å². The molecule has 0 radical (unpaired) electrons. The van der Waals surface area contributed by atoms with Gasteiger partial charge in [-0.05, 0) is 12.3 Å². The molecule has 25 heavy (non-hydrogen) atoms. The van der Waals surface area contributed by atoms with E-state index >= 15 is 0 Å². The van der Waals surface area contributed by atoms with Gasteiger partial charge in [0.15, 0.2) is 0 Å². The van der Waals surface area contributed by atoms with Gasteiger partial charge >= 0.3 is 17.9 Å². The topological polar surface area (TPSA) is 196 Å². The van der Waals surface area contributed by atoms with Gasteiger partial charge in [-0.1, -0.05) is 13.8 Å². The first-order valence-electron chi connectivity index (χ1n) is 7.46. The molecule has 11 nitrogen and oxygen atoms in total. The van der Waals surface area contributed by atoms with Crippen molar-refractivity contribution in [1.29, 1.82) is 0 Å². The van der Waals surface area contributed by atoms with Crippen LogP contribution >= 0.6 is 0 Å². The fraction of sp³-hybridized carbons (Fsp3) is 0.643. The van der Waals surface area contributed by atoms with Crippen molar-refractivity contribution < 1.29 is 39.3 Å². The van der Waals surface area contributed by atoms with Crippen LogP contribution in [0.4, 0.5) is 0 Å². The molecule has 0 aliphatic rings. The predicted octanol–water partition coefficient (Wildman–Crippen LogP) is -1.64. The Hall–Kier alpha value is -2.69. The molecule has 0 saturated carbocycles. The second-order valence-electron chi connectivity index (χ2n) is 5.89. The van der Waals surface area contributed by atoms with Crippen LogP contribution in [0.1, 0.15) is 33.1 Å². The molecule has 0 fully saturated rings. The largest absolute Gasteiger partial charge is 0.481 e. The molecule has 7 N–H and O–H groups in total. The molecule has 0 aliphatic carbocycles. The standard InChI is InChI=1S/C14H23N3O8/c1-6(2)3-8(16-12(22)7(15)4-10(18)19)13(23)17-9(14(24)25)5-11(20)21/h6-9H,3-5,15H2,1-2H3,(H,16,22)(H,17,23)(H,18,19)(H,20,21)(H,24,25). The van der Waals surface area contributed by atoms with Crippen LogP contribution in [-0.2, 0) is 24.0 Å². The van der Waals surface area contributed by atoms with Crippen LogP contribution in [-0.4, -0.2) is 63.2 Å². The quantitative estimate of drug-likeness (QED) is 0.250. The van der Waals surface area contributed by atoms with Gasteiger partial charge in [0.1, 0.15) is 12.1 Å². The zero-order chi connectivity index (χ0) is 19.7. The van der Waals surface area contributed by atoms with Gasteiger partial charge in [0, 0.05) is 0 Å².